The molecule has 2 aromatic rings. The van der Waals surface area contributed by atoms with Crippen LogP contribution < -0.4 is 24.6 Å². The summed E-state index contributed by atoms with van der Waals surface area (Å²) >= 11 is 17.2. The van der Waals surface area contributed by atoms with Gasteiger partial charge in [0.1, 0.15) is 92.7 Å². The van der Waals surface area contributed by atoms with E-state index < -0.39 is 142 Å². The smallest absolute Gasteiger partial charge is 0.329 e. The molecule has 6 heterocycles. The van der Waals surface area contributed by atoms with Gasteiger partial charge >= 0.3 is 29.9 Å². The van der Waals surface area contributed by atoms with E-state index in [1.807, 2.05) is 39.8 Å². The number of allylic oxidation sites excluding steroid dienone is 6. The number of halogens is 2. The average molecular weight is 1420 g/mol. The van der Waals surface area contributed by atoms with Crippen molar-refractivity contribution in [3.8, 4) is 11.5 Å². The highest BCUT2D eigenvalue weighted by molar-refractivity contribution is 7.96. The molecular weight excluding hydrogens is 1320 g/mol. The van der Waals surface area contributed by atoms with E-state index in [0.717, 1.165) is 27.2 Å². The summed E-state index contributed by atoms with van der Waals surface area (Å²) in [7, 11) is 13.4. The van der Waals surface area contributed by atoms with Crippen LogP contribution in [0.15, 0.2) is 71.9 Å². The summed E-state index contributed by atoms with van der Waals surface area (Å²) < 4.78 is 58.2. The fraction of sp³-hybridized carbons (Fsp3) is 0.594. The molecule has 0 aliphatic carbocycles. The number of nitrogens with one attached hydrogen (secondary N) is 1. The molecule has 6 aliphatic rings. The Kier molecular flexibility index (Phi) is 25.3. The van der Waals surface area contributed by atoms with Crippen molar-refractivity contribution in [2.24, 2.45) is 11.8 Å². The molecule has 16 atom stereocenters. The first-order valence-corrected chi connectivity index (χ1v) is 33.1. The molecule has 28 heteroatoms. The summed E-state index contributed by atoms with van der Waals surface area (Å²) in [5.74, 6) is -3.76. The molecule has 0 aromatic heterocycles. The lowest BCUT2D eigenvalue weighted by Crippen LogP contribution is -2.53. The summed E-state index contributed by atoms with van der Waals surface area (Å²) in [4.78, 5) is 110. The van der Waals surface area contributed by atoms with E-state index in [1.54, 1.807) is 76.5 Å². The zero-order chi connectivity index (χ0) is 72.1. The molecule has 4 saturated heterocycles. The minimum Gasteiger partial charge on any atom is -0.495 e. The number of hydrogen-bond acceptors (Lipinski definition) is 20. The minimum atomic E-state index is -1.57. The number of ether oxygens (including phenoxy) is 10. The van der Waals surface area contributed by atoms with E-state index in [9.17, 15) is 48.6 Å². The molecule has 534 valence electrons. The zero-order valence-electron chi connectivity index (χ0n) is 58.1. The molecule has 5 amide bonds. The molecule has 97 heavy (non-hydrogen) atoms. The van der Waals surface area contributed by atoms with Crippen molar-refractivity contribution in [2.75, 3.05) is 73.5 Å². The van der Waals surface area contributed by atoms with Crippen LogP contribution in [0.5, 0.6) is 11.5 Å². The highest BCUT2D eigenvalue weighted by atomic mass is 35.5. The molecular formula is C69H93Cl2N5O20S. The van der Waals surface area contributed by atoms with Gasteiger partial charge < -0.3 is 82.5 Å². The molecule has 3 N–H and O–H groups in total. The first-order valence-electron chi connectivity index (χ1n) is 31.9. The molecule has 2 aromatic carbocycles. The zero-order valence-corrected chi connectivity index (χ0v) is 60.5. The van der Waals surface area contributed by atoms with E-state index in [1.165, 1.54) is 78.1 Å². The third-order valence-corrected chi connectivity index (χ3v) is 20.7. The number of hydrogen-bond donors (Lipinski definition) is 4. The van der Waals surface area contributed by atoms with Crippen LogP contribution in [-0.4, -0.2) is 214 Å². The van der Waals surface area contributed by atoms with Crippen LogP contribution >= 0.6 is 35.8 Å². The SMILES string of the molecule is CNC(=O)N(C)[C@@H](C)C(=O)O[C@@H]1CC(=O)N(C)c2cc(cc(OC)c2Cl)C/C(C)=C/C=C/[C@@H](OC)[C@]2(O)CC(=O)O[C@@H](C2)[C@@H](C)[C@@H]2O[C@@]12C.COc1cc2cc(c1Cl)N(C)C(=O)C[C@@H](OC(=O)[C@H](C)N(C)C(=O)S)[C@]1(C)O[C@H]1[C@H](C)[C@@H]1C[C@@](O)(CC(=O)O1)[C@H](OC)/C=C/C=C(\C)C2. The number of likely N-dealkylation sites (N-methyl/N-ethyl adjacent to an activating group) is 2. The number of methoxy groups -OCH3 is 4. The second-order valence-electron chi connectivity index (χ2n) is 26.5. The predicted molar refractivity (Wildman–Crippen MR) is 363 cm³/mol. The predicted octanol–water partition coefficient (Wildman–Crippen LogP) is 7.86. The topological polar surface area (TPSA) is 301 Å². The van der Waals surface area contributed by atoms with Crippen molar-refractivity contribution in [3.63, 3.8) is 0 Å². The summed E-state index contributed by atoms with van der Waals surface area (Å²) in [5, 5.41) is 25.8. The second kappa shape index (κ2) is 31.6. The largest absolute Gasteiger partial charge is 0.495 e. The van der Waals surface area contributed by atoms with Gasteiger partial charge in [-0.05, 0) is 89.8 Å². The van der Waals surface area contributed by atoms with E-state index >= 15 is 0 Å². The van der Waals surface area contributed by atoms with Gasteiger partial charge in [-0.3, -0.25) is 24.0 Å². The maximum atomic E-state index is 14.0. The highest BCUT2D eigenvalue weighted by Gasteiger charge is 2.66. The van der Waals surface area contributed by atoms with Gasteiger partial charge in [0, 0.05) is 74.1 Å². The number of nitrogens with zero attached hydrogens (tertiary/aromatic N) is 4. The van der Waals surface area contributed by atoms with Crippen molar-refractivity contribution >= 4 is 94.2 Å². The normalized spacial score (nSPS) is 33.1. The number of carbonyl (C=O) groups is 8. The molecule has 8 rings (SSSR count). The fourth-order valence-corrected chi connectivity index (χ4v) is 13.8. The molecule has 0 radical (unpaired) electrons. The Balaban J connectivity index is 0.000000273. The maximum absolute atomic E-state index is 14.0. The Bertz CT molecular complexity index is 3460. The van der Waals surface area contributed by atoms with Gasteiger partial charge in [-0.1, -0.05) is 97.3 Å². The van der Waals surface area contributed by atoms with E-state index in [-0.39, 0.29) is 48.6 Å². The Hall–Kier alpha value is -6.75. The van der Waals surface area contributed by atoms with Gasteiger partial charge in [-0.2, -0.15) is 0 Å². The van der Waals surface area contributed by atoms with Gasteiger partial charge in [0.25, 0.3) is 5.24 Å². The van der Waals surface area contributed by atoms with Crippen LogP contribution in [0.3, 0.4) is 0 Å². The number of aliphatic hydroxyl groups is 2. The van der Waals surface area contributed by atoms with Gasteiger partial charge in [0.15, 0.2) is 0 Å². The number of epoxide rings is 2. The summed E-state index contributed by atoms with van der Waals surface area (Å²) in [6.07, 6.45) is 3.95. The van der Waals surface area contributed by atoms with Crippen LogP contribution in [0.2, 0.25) is 10.0 Å². The quantitative estimate of drug-likeness (QED) is 0.0761. The van der Waals surface area contributed by atoms with Gasteiger partial charge in [0.2, 0.25) is 11.8 Å². The third kappa shape index (κ3) is 17.5. The van der Waals surface area contributed by atoms with Crippen LogP contribution in [-0.2, 0) is 79.5 Å². The molecule has 4 fully saturated rings. The summed E-state index contributed by atoms with van der Waals surface area (Å²) in [6.45, 7) is 13.9. The molecule has 8 bridgehead atoms. The number of esters is 4. The molecule has 25 nitrogen and oxygen atoms in total. The summed E-state index contributed by atoms with van der Waals surface area (Å²) in [6, 6.07) is 4.67. The first kappa shape index (κ1) is 77.6. The number of thiol groups is 1. The van der Waals surface area contributed by atoms with Crippen LogP contribution in [0.1, 0.15) is 105 Å². The average Bonchev–Trinajstić information content (AvgIpc) is 1.58. The van der Waals surface area contributed by atoms with E-state index in [4.69, 9.17) is 70.6 Å². The number of rotatable bonds is 10. The lowest BCUT2D eigenvalue weighted by molar-refractivity contribution is -0.188. The lowest BCUT2D eigenvalue weighted by atomic mass is 9.78. The third-order valence-electron chi connectivity index (χ3n) is 19.6. The minimum absolute atomic E-state index is 0.0591. The Morgan fingerprint density at radius 2 is 1.03 bits per heavy atom. The molecule has 0 unspecified atom stereocenters. The van der Waals surface area contributed by atoms with Crippen molar-refractivity contribution in [1.29, 1.82) is 0 Å². The Morgan fingerprint density at radius 1 is 0.660 bits per heavy atom. The van der Waals surface area contributed by atoms with Crippen LogP contribution in [0.25, 0.3) is 0 Å². The number of carbonyl (C=O) groups excluding carboxylic acids is 8. The van der Waals surface area contributed by atoms with E-state index in [0.29, 0.717) is 35.7 Å². The van der Waals surface area contributed by atoms with Crippen molar-refractivity contribution in [1.82, 2.24) is 15.1 Å². The molecule has 6 aliphatic heterocycles. The number of fused-ring (bicyclic) bond motifs is 10. The molecule has 0 saturated carbocycles. The summed E-state index contributed by atoms with van der Waals surface area (Å²) in [5.41, 5.74) is -1.21. The fourth-order valence-electron chi connectivity index (χ4n) is 13.0. The van der Waals surface area contributed by atoms with Crippen LogP contribution in [0.4, 0.5) is 21.0 Å². The van der Waals surface area contributed by atoms with E-state index in [2.05, 4.69) is 17.9 Å². The number of anilines is 2. The van der Waals surface area contributed by atoms with Crippen molar-refractivity contribution in [2.45, 2.75) is 190 Å². The second-order valence-corrected chi connectivity index (χ2v) is 27.6. The monoisotopic (exact) mass is 1410 g/mol. The van der Waals surface area contributed by atoms with Gasteiger partial charge in [-0.15, -0.1) is 0 Å². The van der Waals surface area contributed by atoms with Crippen LogP contribution in [0, 0.1) is 11.8 Å². The standard InChI is InChI=1S/C35H48ClN3O10.C34H45ClN2O10S/c1-19-11-10-12-26(46-9)35(44)17-25(47-29(41)18-35)20(2)31-34(4,49-31)27(48-32(42)21(3)38(6)33(43)37-5)16-28(40)39(7)23-14-22(13-19)15-24(45-8)30(23)36;1-18-10-9-11-25(44-8)34(42)16-24(45-28(39)17-34)19(2)30-33(4,47-30)26(46-31(40)20(3)36(5)32(41)48)15-27(38)37(6)22-13-21(12-18)14-23(43-7)29(22)35/h10-12,14-15,20-21,25-27,31,44H,13,16-18H2,1-9H3,(H,37,43);9-11,13-14,19-20,24-26,30,42H,12,15-17H2,1-8H3,(H,41,48)/b12-10+,19-11+;11-9+,18-10+/t20-,21+,25+,26-,27-,31+,34+,35-;19-,20+,24+,25-,26-,30+,33+,34-/m11/s1. The number of benzene rings is 2. The molecule has 0 spiro atoms. The Labute approximate surface area is 582 Å². The van der Waals surface area contributed by atoms with Gasteiger partial charge in [0.05, 0.1) is 63.5 Å². The van der Waals surface area contributed by atoms with Crippen molar-refractivity contribution in [3.05, 3.63) is 93.0 Å². The van der Waals surface area contributed by atoms with Crippen molar-refractivity contribution < 1.29 is 95.9 Å². The maximum Gasteiger partial charge on any atom is 0.329 e. The highest BCUT2D eigenvalue weighted by Crippen LogP contribution is 2.52. The first-order chi connectivity index (χ1) is 45.4. The number of amides is 5. The number of urea groups is 1. The Morgan fingerprint density at radius 3 is 1.37 bits per heavy atom. The van der Waals surface area contributed by atoms with Gasteiger partial charge in [-0.25, -0.2) is 14.4 Å². The lowest BCUT2D eigenvalue weighted by Gasteiger charge is -2.41.